The number of allylic oxidation sites excluding steroid dienone is 3. The Morgan fingerprint density at radius 3 is 2.60 bits per heavy atom. The van der Waals surface area contributed by atoms with Crippen molar-refractivity contribution in [1.82, 2.24) is 0 Å². The van der Waals surface area contributed by atoms with Gasteiger partial charge in [-0.15, -0.1) is 0 Å². The fraction of sp³-hybridized carbons (Fsp3) is 0.714. The maximum absolute atomic E-state index is 10.4. The molecule has 1 heteroatoms. The molecule has 2 rings (SSSR count). The molecule has 0 aliphatic heterocycles. The minimum Gasteiger partial charge on any atom is -0.386 e. The third-order valence-corrected chi connectivity index (χ3v) is 3.90. The summed E-state index contributed by atoms with van der Waals surface area (Å²) in [6.07, 6.45) is 15.4. The molecule has 0 aromatic heterocycles. The topological polar surface area (TPSA) is 20.2 Å². The van der Waals surface area contributed by atoms with Crippen molar-refractivity contribution < 1.29 is 5.11 Å². The van der Waals surface area contributed by atoms with Crippen molar-refractivity contribution in [1.29, 1.82) is 0 Å². The van der Waals surface area contributed by atoms with Gasteiger partial charge < -0.3 is 5.11 Å². The maximum Gasteiger partial charge on any atom is 0.0830 e. The van der Waals surface area contributed by atoms with Gasteiger partial charge in [-0.2, -0.15) is 0 Å². The predicted octanol–water partition coefficient (Wildman–Crippen LogP) is 3.45. The smallest absolute Gasteiger partial charge is 0.0830 e. The lowest BCUT2D eigenvalue weighted by Gasteiger charge is -2.32. The molecule has 0 heterocycles. The lowest BCUT2D eigenvalue weighted by molar-refractivity contribution is 0.0443. The van der Waals surface area contributed by atoms with Gasteiger partial charge >= 0.3 is 0 Å². The fourth-order valence-corrected chi connectivity index (χ4v) is 2.78. The first-order chi connectivity index (χ1) is 7.22. The molecule has 0 amide bonds. The number of aliphatic hydroxyl groups is 1. The summed E-state index contributed by atoms with van der Waals surface area (Å²) in [5.41, 5.74) is -0.498. The molecule has 2 unspecified atom stereocenters. The van der Waals surface area contributed by atoms with E-state index in [9.17, 15) is 5.11 Å². The molecule has 0 saturated carbocycles. The van der Waals surface area contributed by atoms with Gasteiger partial charge in [0, 0.05) is 0 Å². The maximum atomic E-state index is 10.4. The van der Waals surface area contributed by atoms with Crippen LogP contribution in [-0.4, -0.2) is 10.7 Å². The predicted molar refractivity (Wildman–Crippen MR) is 63.6 cm³/mol. The average Bonchev–Trinajstić information content (AvgIpc) is 2.71. The Kier molecular flexibility index (Phi) is 3.30. The van der Waals surface area contributed by atoms with Crippen LogP contribution in [0.15, 0.2) is 24.3 Å². The van der Waals surface area contributed by atoms with Crippen LogP contribution in [0.5, 0.6) is 0 Å². The number of rotatable bonds is 3. The molecule has 2 atom stereocenters. The Balaban J connectivity index is 1.90. The minimum absolute atomic E-state index is 0.498. The SMILES string of the molecule is CCC1C=CC(O)(CC2CC=CC2)CC1. The molecule has 1 N–H and O–H groups in total. The molecule has 0 aromatic carbocycles. The first-order valence-corrected chi connectivity index (χ1v) is 6.28. The molecule has 2 aliphatic rings. The Labute approximate surface area is 92.9 Å². The van der Waals surface area contributed by atoms with Gasteiger partial charge in [0.2, 0.25) is 0 Å². The highest BCUT2D eigenvalue weighted by Gasteiger charge is 2.31. The highest BCUT2D eigenvalue weighted by atomic mass is 16.3. The van der Waals surface area contributed by atoms with Crippen molar-refractivity contribution >= 4 is 0 Å². The van der Waals surface area contributed by atoms with Gasteiger partial charge in [0.1, 0.15) is 0 Å². The van der Waals surface area contributed by atoms with E-state index < -0.39 is 5.60 Å². The molecule has 1 nitrogen and oxygen atoms in total. The molecule has 0 spiro atoms. The van der Waals surface area contributed by atoms with Gasteiger partial charge in [-0.05, 0) is 50.4 Å². The molecule has 0 saturated heterocycles. The van der Waals surface area contributed by atoms with Gasteiger partial charge in [-0.3, -0.25) is 0 Å². The Morgan fingerprint density at radius 1 is 1.33 bits per heavy atom. The summed E-state index contributed by atoms with van der Waals surface area (Å²) in [4.78, 5) is 0. The van der Waals surface area contributed by atoms with Gasteiger partial charge in [0.15, 0.2) is 0 Å². The second kappa shape index (κ2) is 4.52. The summed E-state index contributed by atoms with van der Waals surface area (Å²) >= 11 is 0. The quantitative estimate of drug-likeness (QED) is 0.701. The van der Waals surface area contributed by atoms with E-state index in [4.69, 9.17) is 0 Å². The van der Waals surface area contributed by atoms with Gasteiger partial charge in [0.05, 0.1) is 5.60 Å². The summed E-state index contributed by atoms with van der Waals surface area (Å²) in [6, 6.07) is 0. The van der Waals surface area contributed by atoms with Gasteiger partial charge in [0.25, 0.3) is 0 Å². The average molecular weight is 206 g/mol. The zero-order valence-electron chi connectivity index (χ0n) is 9.65. The van der Waals surface area contributed by atoms with Crippen molar-refractivity contribution in [3.63, 3.8) is 0 Å². The summed E-state index contributed by atoms with van der Waals surface area (Å²) in [5, 5.41) is 10.4. The van der Waals surface area contributed by atoms with Crippen LogP contribution < -0.4 is 0 Å². The van der Waals surface area contributed by atoms with E-state index in [1.54, 1.807) is 0 Å². The van der Waals surface area contributed by atoms with Gasteiger partial charge in [-0.25, -0.2) is 0 Å². The molecule has 0 aromatic rings. The van der Waals surface area contributed by atoms with Crippen molar-refractivity contribution in [3.8, 4) is 0 Å². The van der Waals surface area contributed by atoms with Crippen molar-refractivity contribution in [3.05, 3.63) is 24.3 Å². The van der Waals surface area contributed by atoms with Crippen LogP contribution in [0.25, 0.3) is 0 Å². The number of hydrogen-bond donors (Lipinski definition) is 1. The van der Waals surface area contributed by atoms with Crippen LogP contribution in [0.1, 0.15) is 45.4 Å². The summed E-state index contributed by atoms with van der Waals surface area (Å²) in [5.74, 6) is 1.38. The molecule has 84 valence electrons. The van der Waals surface area contributed by atoms with Crippen molar-refractivity contribution in [2.24, 2.45) is 11.8 Å². The molecular formula is C14H22O. The van der Waals surface area contributed by atoms with Crippen LogP contribution in [0.3, 0.4) is 0 Å². The fourth-order valence-electron chi connectivity index (χ4n) is 2.78. The molecule has 0 radical (unpaired) electrons. The molecule has 2 aliphatic carbocycles. The lowest BCUT2D eigenvalue weighted by atomic mass is 9.78. The Hall–Kier alpha value is -0.560. The van der Waals surface area contributed by atoms with E-state index in [0.717, 1.165) is 32.1 Å². The lowest BCUT2D eigenvalue weighted by Crippen LogP contribution is -2.32. The molecule has 15 heavy (non-hydrogen) atoms. The van der Waals surface area contributed by atoms with E-state index in [-0.39, 0.29) is 0 Å². The van der Waals surface area contributed by atoms with Crippen LogP contribution in [0.2, 0.25) is 0 Å². The van der Waals surface area contributed by atoms with Crippen molar-refractivity contribution in [2.75, 3.05) is 0 Å². The van der Waals surface area contributed by atoms with Crippen LogP contribution in [0.4, 0.5) is 0 Å². The van der Waals surface area contributed by atoms with Crippen LogP contribution in [-0.2, 0) is 0 Å². The van der Waals surface area contributed by atoms with E-state index in [0.29, 0.717) is 11.8 Å². The monoisotopic (exact) mass is 206 g/mol. The molecule has 0 bridgehead atoms. The van der Waals surface area contributed by atoms with Crippen molar-refractivity contribution in [2.45, 2.75) is 51.0 Å². The van der Waals surface area contributed by atoms with E-state index in [1.807, 2.05) is 0 Å². The zero-order chi connectivity index (χ0) is 10.7. The second-order valence-corrected chi connectivity index (χ2v) is 5.18. The van der Waals surface area contributed by atoms with Gasteiger partial charge in [-0.1, -0.05) is 31.2 Å². The highest BCUT2D eigenvalue weighted by Crippen LogP contribution is 2.35. The summed E-state index contributed by atoms with van der Waals surface area (Å²) in [6.45, 7) is 2.22. The zero-order valence-corrected chi connectivity index (χ0v) is 9.65. The van der Waals surface area contributed by atoms with E-state index >= 15 is 0 Å². The number of hydrogen-bond acceptors (Lipinski definition) is 1. The molecular weight excluding hydrogens is 184 g/mol. The standard InChI is InChI=1S/C14H22O/c1-2-12-7-9-14(15,10-8-12)11-13-5-3-4-6-13/h3-4,7,9,12-13,15H,2,5-6,8,10-11H2,1H3. The first kappa shape index (κ1) is 10.9. The summed E-state index contributed by atoms with van der Waals surface area (Å²) < 4.78 is 0. The second-order valence-electron chi connectivity index (χ2n) is 5.18. The summed E-state index contributed by atoms with van der Waals surface area (Å²) in [7, 11) is 0. The minimum atomic E-state index is -0.498. The van der Waals surface area contributed by atoms with E-state index in [1.165, 1.54) is 6.42 Å². The third-order valence-electron chi connectivity index (χ3n) is 3.90. The third kappa shape index (κ3) is 2.72. The van der Waals surface area contributed by atoms with E-state index in [2.05, 4.69) is 31.2 Å². The Bertz CT molecular complexity index is 259. The molecule has 0 fully saturated rings. The largest absolute Gasteiger partial charge is 0.386 e. The van der Waals surface area contributed by atoms with Crippen LogP contribution >= 0.6 is 0 Å². The Morgan fingerprint density at radius 2 is 2.07 bits per heavy atom. The first-order valence-electron chi connectivity index (χ1n) is 6.28. The normalized spacial score (nSPS) is 36.3. The van der Waals surface area contributed by atoms with Crippen LogP contribution in [0, 0.1) is 11.8 Å². The highest BCUT2D eigenvalue weighted by molar-refractivity contribution is 5.09.